The number of methoxy groups -OCH3 is 1. The van der Waals surface area contributed by atoms with Crippen molar-refractivity contribution in [3.05, 3.63) is 24.0 Å². The number of carbonyl (C=O) groups excluding carboxylic acids is 1. The van der Waals surface area contributed by atoms with Crippen molar-refractivity contribution in [2.75, 3.05) is 20.3 Å². The van der Waals surface area contributed by atoms with Crippen LogP contribution < -0.4 is 5.32 Å². The number of nitrogens with one attached hydrogen (secondary N) is 1. The molecule has 1 aliphatic rings. The van der Waals surface area contributed by atoms with Crippen LogP contribution in [0, 0.1) is 0 Å². The van der Waals surface area contributed by atoms with Gasteiger partial charge in [-0.3, -0.25) is 4.79 Å². The fraction of sp³-hybridized carbons (Fsp3) is 0.643. The van der Waals surface area contributed by atoms with Gasteiger partial charge in [0.05, 0.1) is 12.2 Å². The van der Waals surface area contributed by atoms with E-state index in [0.29, 0.717) is 25.4 Å². The highest BCUT2D eigenvalue weighted by Gasteiger charge is 2.31. The highest BCUT2D eigenvalue weighted by atomic mass is 16.5. The Bertz CT molecular complexity index is 422. The Labute approximate surface area is 113 Å². The van der Waals surface area contributed by atoms with Gasteiger partial charge in [-0.15, -0.1) is 0 Å². The maximum absolute atomic E-state index is 12.1. The smallest absolute Gasteiger partial charge is 0.268 e. The molecule has 1 fully saturated rings. The summed E-state index contributed by atoms with van der Waals surface area (Å²) >= 11 is 0. The molecule has 0 aromatic carbocycles. The van der Waals surface area contributed by atoms with Gasteiger partial charge in [0.25, 0.3) is 5.91 Å². The Hall–Kier alpha value is -1.33. The number of aromatic nitrogens is 1. The maximum atomic E-state index is 12.1. The number of nitrogens with zero attached hydrogens (tertiary/aromatic N) is 1. The summed E-state index contributed by atoms with van der Waals surface area (Å²) < 4.78 is 6.87. The van der Waals surface area contributed by atoms with Crippen molar-refractivity contribution in [2.24, 2.45) is 0 Å². The SMILES string of the molecule is COCCn1cccc1C(=O)NCC1(O)CCCC1. The van der Waals surface area contributed by atoms with Gasteiger partial charge in [0.15, 0.2) is 0 Å². The number of ether oxygens (including phenoxy) is 1. The molecule has 0 spiro atoms. The van der Waals surface area contributed by atoms with Crippen LogP contribution in [0.25, 0.3) is 0 Å². The van der Waals surface area contributed by atoms with Gasteiger partial charge < -0.3 is 19.7 Å². The molecule has 2 rings (SSSR count). The fourth-order valence-corrected chi connectivity index (χ4v) is 2.55. The Morgan fingerprint density at radius 2 is 2.26 bits per heavy atom. The number of carbonyl (C=O) groups is 1. The summed E-state index contributed by atoms with van der Waals surface area (Å²) in [4.78, 5) is 12.1. The average molecular weight is 266 g/mol. The van der Waals surface area contributed by atoms with Crippen LogP contribution >= 0.6 is 0 Å². The summed E-state index contributed by atoms with van der Waals surface area (Å²) in [6.45, 7) is 1.55. The lowest BCUT2D eigenvalue weighted by molar-refractivity contribution is 0.0447. The molecule has 19 heavy (non-hydrogen) atoms. The third kappa shape index (κ3) is 3.58. The van der Waals surface area contributed by atoms with Gasteiger partial charge in [0, 0.05) is 26.4 Å². The zero-order valence-electron chi connectivity index (χ0n) is 11.4. The Morgan fingerprint density at radius 3 is 2.95 bits per heavy atom. The van der Waals surface area contributed by atoms with Crippen molar-refractivity contribution in [1.82, 2.24) is 9.88 Å². The molecule has 0 radical (unpaired) electrons. The van der Waals surface area contributed by atoms with Crippen molar-refractivity contribution < 1.29 is 14.6 Å². The van der Waals surface area contributed by atoms with Gasteiger partial charge in [-0.25, -0.2) is 0 Å². The van der Waals surface area contributed by atoms with Crippen molar-refractivity contribution in [2.45, 2.75) is 37.8 Å². The topological polar surface area (TPSA) is 63.5 Å². The highest BCUT2D eigenvalue weighted by Crippen LogP contribution is 2.28. The van der Waals surface area contributed by atoms with Gasteiger partial charge in [-0.1, -0.05) is 12.8 Å². The van der Waals surface area contributed by atoms with Crippen LogP contribution in [0.3, 0.4) is 0 Å². The number of aliphatic hydroxyl groups is 1. The molecular formula is C14H22N2O3. The first-order valence-electron chi connectivity index (χ1n) is 6.79. The van der Waals surface area contributed by atoms with Crippen LogP contribution in [-0.4, -0.2) is 41.4 Å². The van der Waals surface area contributed by atoms with E-state index in [9.17, 15) is 9.90 Å². The molecule has 0 saturated heterocycles. The largest absolute Gasteiger partial charge is 0.388 e. The van der Waals surface area contributed by atoms with Crippen LogP contribution in [0.15, 0.2) is 18.3 Å². The van der Waals surface area contributed by atoms with Crippen LogP contribution in [0.5, 0.6) is 0 Å². The fourth-order valence-electron chi connectivity index (χ4n) is 2.55. The van der Waals surface area contributed by atoms with Crippen LogP contribution in [-0.2, 0) is 11.3 Å². The Morgan fingerprint density at radius 1 is 1.53 bits per heavy atom. The lowest BCUT2D eigenvalue weighted by Crippen LogP contribution is -2.41. The van der Waals surface area contributed by atoms with E-state index in [1.54, 1.807) is 13.2 Å². The lowest BCUT2D eigenvalue weighted by atomic mass is 10.0. The minimum atomic E-state index is -0.709. The van der Waals surface area contributed by atoms with E-state index in [4.69, 9.17) is 4.74 Å². The molecule has 1 heterocycles. The molecule has 1 aromatic heterocycles. The van der Waals surface area contributed by atoms with E-state index in [0.717, 1.165) is 25.7 Å². The lowest BCUT2D eigenvalue weighted by Gasteiger charge is -2.22. The summed E-state index contributed by atoms with van der Waals surface area (Å²) in [5, 5.41) is 13.0. The molecule has 106 valence electrons. The Balaban J connectivity index is 1.90. The number of hydrogen-bond donors (Lipinski definition) is 2. The van der Waals surface area contributed by atoms with Gasteiger partial charge in [0.1, 0.15) is 5.69 Å². The van der Waals surface area contributed by atoms with E-state index < -0.39 is 5.60 Å². The van der Waals surface area contributed by atoms with Gasteiger partial charge >= 0.3 is 0 Å². The predicted molar refractivity (Wildman–Crippen MR) is 72.1 cm³/mol. The normalized spacial score (nSPS) is 17.6. The van der Waals surface area contributed by atoms with E-state index in [1.165, 1.54) is 0 Å². The van der Waals surface area contributed by atoms with Crippen LogP contribution in [0.1, 0.15) is 36.2 Å². The molecule has 0 bridgehead atoms. The molecule has 2 N–H and O–H groups in total. The standard InChI is InChI=1S/C14H22N2O3/c1-19-10-9-16-8-4-5-12(16)13(17)15-11-14(18)6-2-3-7-14/h4-5,8,18H,2-3,6-7,9-11H2,1H3,(H,15,17). The summed E-state index contributed by atoms with van der Waals surface area (Å²) in [5.74, 6) is -0.138. The summed E-state index contributed by atoms with van der Waals surface area (Å²) in [5.41, 5.74) is -0.0989. The van der Waals surface area contributed by atoms with Crippen molar-refractivity contribution in [3.8, 4) is 0 Å². The highest BCUT2D eigenvalue weighted by molar-refractivity contribution is 5.92. The number of hydrogen-bond acceptors (Lipinski definition) is 3. The molecule has 1 aliphatic carbocycles. The third-order valence-corrected chi connectivity index (χ3v) is 3.71. The summed E-state index contributed by atoms with van der Waals surface area (Å²) in [6, 6.07) is 3.62. The van der Waals surface area contributed by atoms with Crippen LogP contribution in [0.2, 0.25) is 0 Å². The number of amides is 1. The third-order valence-electron chi connectivity index (χ3n) is 3.71. The zero-order chi connectivity index (χ0) is 13.7. The van der Waals surface area contributed by atoms with Crippen molar-refractivity contribution in [1.29, 1.82) is 0 Å². The quantitative estimate of drug-likeness (QED) is 0.812. The Kier molecular flexibility index (Phi) is 4.61. The second kappa shape index (κ2) is 6.21. The van der Waals surface area contributed by atoms with E-state index >= 15 is 0 Å². The second-order valence-electron chi connectivity index (χ2n) is 5.19. The first-order valence-corrected chi connectivity index (χ1v) is 6.79. The first kappa shape index (κ1) is 14.1. The molecule has 1 amide bonds. The summed E-state index contributed by atoms with van der Waals surface area (Å²) in [7, 11) is 1.64. The average Bonchev–Trinajstić information content (AvgIpc) is 3.03. The van der Waals surface area contributed by atoms with Crippen molar-refractivity contribution in [3.63, 3.8) is 0 Å². The molecule has 0 aliphatic heterocycles. The molecule has 1 saturated carbocycles. The molecule has 0 atom stereocenters. The predicted octanol–water partition coefficient (Wildman–Crippen LogP) is 1.17. The monoisotopic (exact) mass is 266 g/mol. The van der Waals surface area contributed by atoms with Crippen LogP contribution in [0.4, 0.5) is 0 Å². The zero-order valence-corrected chi connectivity index (χ0v) is 11.4. The van der Waals surface area contributed by atoms with E-state index in [2.05, 4.69) is 5.32 Å². The minimum Gasteiger partial charge on any atom is -0.388 e. The molecule has 0 unspecified atom stereocenters. The van der Waals surface area contributed by atoms with Gasteiger partial charge in [-0.05, 0) is 25.0 Å². The van der Waals surface area contributed by atoms with E-state index in [-0.39, 0.29) is 5.91 Å². The maximum Gasteiger partial charge on any atom is 0.268 e. The molecule has 1 aromatic rings. The van der Waals surface area contributed by atoms with Gasteiger partial charge in [-0.2, -0.15) is 0 Å². The molecule has 5 nitrogen and oxygen atoms in total. The first-order chi connectivity index (χ1) is 9.14. The van der Waals surface area contributed by atoms with Crippen molar-refractivity contribution >= 4 is 5.91 Å². The molecule has 5 heteroatoms. The summed E-state index contributed by atoms with van der Waals surface area (Å²) in [6.07, 6.45) is 5.49. The molecular weight excluding hydrogens is 244 g/mol. The number of rotatable bonds is 6. The minimum absolute atomic E-state index is 0.138. The van der Waals surface area contributed by atoms with E-state index in [1.807, 2.05) is 16.8 Å². The second-order valence-corrected chi connectivity index (χ2v) is 5.19. The van der Waals surface area contributed by atoms with Gasteiger partial charge in [0.2, 0.25) is 0 Å².